The van der Waals surface area contributed by atoms with Crippen molar-refractivity contribution in [2.24, 2.45) is 0 Å². The number of nitrogens with one attached hydrogen (secondary N) is 1. The molecule has 0 spiro atoms. The predicted octanol–water partition coefficient (Wildman–Crippen LogP) is 3.98. The van der Waals surface area contributed by atoms with E-state index in [4.69, 9.17) is 4.74 Å². The zero-order chi connectivity index (χ0) is 20.9. The number of ether oxygens (including phenoxy) is 1. The van der Waals surface area contributed by atoms with E-state index >= 15 is 0 Å². The molecule has 0 aliphatic rings. The van der Waals surface area contributed by atoms with Gasteiger partial charge in [-0.25, -0.2) is 13.2 Å². The Bertz CT molecular complexity index is 1110. The SMILES string of the molecule is COc1cccc(S(=O)(=O)Nc2ccc(CCc3ccccc3C(=O)O)cc2)c1. The quantitative estimate of drug-likeness (QED) is 0.585. The molecular formula is C22H21NO5S. The third-order valence-electron chi connectivity index (χ3n) is 4.49. The standard InChI is InChI=1S/C22H21NO5S/c1-28-19-6-4-7-20(15-19)29(26,27)23-18-13-10-16(11-14-18)9-12-17-5-2-3-8-21(17)22(24)25/h2-8,10-11,13-15,23H,9,12H2,1H3,(H,24,25). The zero-order valence-electron chi connectivity index (χ0n) is 15.8. The largest absolute Gasteiger partial charge is 0.497 e. The highest BCUT2D eigenvalue weighted by Gasteiger charge is 2.15. The molecule has 0 atom stereocenters. The molecule has 3 rings (SSSR count). The van der Waals surface area contributed by atoms with E-state index < -0.39 is 16.0 Å². The molecule has 0 fully saturated rings. The van der Waals surface area contributed by atoms with Crippen molar-refractivity contribution in [3.05, 3.63) is 89.5 Å². The third-order valence-corrected chi connectivity index (χ3v) is 5.87. The number of hydrogen-bond acceptors (Lipinski definition) is 4. The van der Waals surface area contributed by atoms with Crippen LogP contribution in [0, 0.1) is 0 Å². The van der Waals surface area contributed by atoms with Crippen LogP contribution < -0.4 is 9.46 Å². The molecule has 0 aromatic heterocycles. The maximum Gasteiger partial charge on any atom is 0.335 e. The van der Waals surface area contributed by atoms with Gasteiger partial charge < -0.3 is 9.84 Å². The molecule has 0 unspecified atom stereocenters. The van der Waals surface area contributed by atoms with Crippen molar-refractivity contribution in [3.63, 3.8) is 0 Å². The number of anilines is 1. The van der Waals surface area contributed by atoms with Crippen LogP contribution in [-0.4, -0.2) is 26.6 Å². The number of benzene rings is 3. The maximum atomic E-state index is 12.5. The highest BCUT2D eigenvalue weighted by Crippen LogP contribution is 2.21. The molecular weight excluding hydrogens is 390 g/mol. The summed E-state index contributed by atoms with van der Waals surface area (Å²) in [4.78, 5) is 11.4. The van der Waals surface area contributed by atoms with Crippen molar-refractivity contribution >= 4 is 21.7 Å². The minimum Gasteiger partial charge on any atom is -0.497 e. The van der Waals surface area contributed by atoms with Crippen LogP contribution in [0.15, 0.2) is 77.7 Å². The Labute approximate surface area is 169 Å². The first-order valence-corrected chi connectivity index (χ1v) is 10.4. The first-order valence-electron chi connectivity index (χ1n) is 8.96. The zero-order valence-corrected chi connectivity index (χ0v) is 16.6. The summed E-state index contributed by atoms with van der Waals surface area (Å²) in [6, 6.07) is 20.2. The van der Waals surface area contributed by atoms with Crippen molar-refractivity contribution in [3.8, 4) is 5.75 Å². The fraction of sp³-hybridized carbons (Fsp3) is 0.136. The van der Waals surface area contributed by atoms with Gasteiger partial charge in [0, 0.05) is 11.8 Å². The summed E-state index contributed by atoms with van der Waals surface area (Å²) < 4.78 is 32.7. The van der Waals surface area contributed by atoms with Gasteiger partial charge in [-0.2, -0.15) is 0 Å². The summed E-state index contributed by atoms with van der Waals surface area (Å²) >= 11 is 0. The van der Waals surface area contributed by atoms with Gasteiger partial charge in [0.2, 0.25) is 0 Å². The fourth-order valence-electron chi connectivity index (χ4n) is 2.95. The molecule has 29 heavy (non-hydrogen) atoms. The minimum absolute atomic E-state index is 0.117. The second-order valence-electron chi connectivity index (χ2n) is 6.44. The maximum absolute atomic E-state index is 12.5. The normalized spacial score (nSPS) is 11.1. The molecule has 0 saturated carbocycles. The Morgan fingerprint density at radius 2 is 1.69 bits per heavy atom. The van der Waals surface area contributed by atoms with Crippen molar-refractivity contribution in [1.29, 1.82) is 0 Å². The first-order chi connectivity index (χ1) is 13.9. The summed E-state index contributed by atoms with van der Waals surface area (Å²) in [5.41, 5.74) is 2.50. The molecule has 0 heterocycles. The van der Waals surface area contributed by atoms with Crippen LogP contribution in [0.4, 0.5) is 5.69 Å². The van der Waals surface area contributed by atoms with Gasteiger partial charge in [0.15, 0.2) is 0 Å². The van der Waals surface area contributed by atoms with Gasteiger partial charge in [-0.1, -0.05) is 36.4 Å². The molecule has 3 aromatic carbocycles. The fourth-order valence-corrected chi connectivity index (χ4v) is 4.04. The van der Waals surface area contributed by atoms with E-state index in [0.717, 1.165) is 11.1 Å². The minimum atomic E-state index is -3.72. The van der Waals surface area contributed by atoms with E-state index in [9.17, 15) is 18.3 Å². The molecule has 0 bridgehead atoms. The van der Waals surface area contributed by atoms with E-state index in [1.54, 1.807) is 42.5 Å². The number of carbonyl (C=O) groups is 1. The molecule has 6 nitrogen and oxygen atoms in total. The van der Waals surface area contributed by atoms with E-state index in [2.05, 4.69) is 4.72 Å². The smallest absolute Gasteiger partial charge is 0.335 e. The van der Waals surface area contributed by atoms with Crippen LogP contribution in [0.5, 0.6) is 5.75 Å². The molecule has 0 amide bonds. The Balaban J connectivity index is 1.68. The van der Waals surface area contributed by atoms with Crippen molar-refractivity contribution < 1.29 is 23.1 Å². The number of aromatic carboxylic acids is 1. The van der Waals surface area contributed by atoms with Gasteiger partial charge in [0.25, 0.3) is 10.0 Å². The summed E-state index contributed by atoms with van der Waals surface area (Å²) in [5, 5.41) is 9.26. The average Bonchev–Trinajstić information content (AvgIpc) is 2.73. The summed E-state index contributed by atoms with van der Waals surface area (Å²) in [5.74, 6) is -0.479. The molecule has 0 aliphatic carbocycles. The van der Waals surface area contributed by atoms with Gasteiger partial charge in [-0.3, -0.25) is 4.72 Å². The van der Waals surface area contributed by atoms with Crippen LogP contribution in [0.3, 0.4) is 0 Å². The second kappa shape index (κ2) is 8.79. The monoisotopic (exact) mass is 411 g/mol. The predicted molar refractivity (Wildman–Crippen MR) is 111 cm³/mol. The third kappa shape index (κ3) is 5.14. The molecule has 0 saturated heterocycles. The molecule has 0 radical (unpaired) electrons. The number of aryl methyl sites for hydroxylation is 2. The Kier molecular flexibility index (Phi) is 6.19. The summed E-state index contributed by atoms with van der Waals surface area (Å²) in [6.07, 6.45) is 1.23. The number of carboxylic acid groups (broad SMARTS) is 1. The molecule has 3 aromatic rings. The van der Waals surface area contributed by atoms with E-state index in [-0.39, 0.29) is 4.90 Å². The van der Waals surface area contributed by atoms with Gasteiger partial charge in [0.05, 0.1) is 17.6 Å². The second-order valence-corrected chi connectivity index (χ2v) is 8.13. The van der Waals surface area contributed by atoms with Crippen LogP contribution in [-0.2, 0) is 22.9 Å². The molecule has 0 aliphatic heterocycles. The Morgan fingerprint density at radius 3 is 2.38 bits per heavy atom. The van der Waals surface area contributed by atoms with Gasteiger partial charge in [0.1, 0.15) is 5.75 Å². The van der Waals surface area contributed by atoms with Gasteiger partial charge >= 0.3 is 5.97 Å². The van der Waals surface area contributed by atoms with Crippen molar-refractivity contribution in [1.82, 2.24) is 0 Å². The highest BCUT2D eigenvalue weighted by atomic mass is 32.2. The molecule has 7 heteroatoms. The van der Waals surface area contributed by atoms with E-state index in [1.165, 1.54) is 19.2 Å². The van der Waals surface area contributed by atoms with Gasteiger partial charge in [-0.05, 0) is 54.3 Å². The lowest BCUT2D eigenvalue weighted by atomic mass is 10.00. The number of rotatable bonds is 8. The number of sulfonamides is 1. The number of methoxy groups -OCH3 is 1. The highest BCUT2D eigenvalue weighted by molar-refractivity contribution is 7.92. The lowest BCUT2D eigenvalue weighted by Gasteiger charge is -2.10. The first kappa shape index (κ1) is 20.4. The van der Waals surface area contributed by atoms with Crippen LogP contribution in [0.2, 0.25) is 0 Å². The number of carboxylic acids is 1. The average molecular weight is 411 g/mol. The Morgan fingerprint density at radius 1 is 0.966 bits per heavy atom. The van der Waals surface area contributed by atoms with Crippen LogP contribution >= 0.6 is 0 Å². The summed E-state index contributed by atoms with van der Waals surface area (Å²) in [7, 11) is -2.25. The van der Waals surface area contributed by atoms with Crippen LogP contribution in [0.25, 0.3) is 0 Å². The van der Waals surface area contributed by atoms with E-state index in [0.29, 0.717) is 29.8 Å². The van der Waals surface area contributed by atoms with E-state index in [1.807, 2.05) is 18.2 Å². The lowest BCUT2D eigenvalue weighted by molar-refractivity contribution is 0.0695. The van der Waals surface area contributed by atoms with Gasteiger partial charge in [-0.15, -0.1) is 0 Å². The Hall–Kier alpha value is -3.32. The van der Waals surface area contributed by atoms with Crippen LogP contribution in [0.1, 0.15) is 21.5 Å². The topological polar surface area (TPSA) is 92.7 Å². The molecule has 2 N–H and O–H groups in total. The van der Waals surface area contributed by atoms with Crippen molar-refractivity contribution in [2.75, 3.05) is 11.8 Å². The summed E-state index contributed by atoms with van der Waals surface area (Å²) in [6.45, 7) is 0. The lowest BCUT2D eigenvalue weighted by Crippen LogP contribution is -2.13. The number of hydrogen-bond donors (Lipinski definition) is 2. The van der Waals surface area contributed by atoms with Crippen molar-refractivity contribution in [2.45, 2.75) is 17.7 Å². The molecule has 150 valence electrons.